The summed E-state index contributed by atoms with van der Waals surface area (Å²) in [5.74, 6) is 0.553. The maximum atomic E-state index is 12.0. The predicted octanol–water partition coefficient (Wildman–Crippen LogP) is 1.46. The summed E-state index contributed by atoms with van der Waals surface area (Å²) in [6.07, 6.45) is 2.10. The summed E-state index contributed by atoms with van der Waals surface area (Å²) in [6, 6.07) is 1.60. The van der Waals surface area contributed by atoms with Crippen LogP contribution in [0.3, 0.4) is 0 Å². The second-order valence-electron chi connectivity index (χ2n) is 6.11. The summed E-state index contributed by atoms with van der Waals surface area (Å²) in [5, 5.41) is 6.20. The quantitative estimate of drug-likeness (QED) is 0.726. The standard InChI is InChI=1S/C16H23N3O5S/c1-11-4-3-5-19(7-11)15(21)8-23-16(22)10-25-9-14(20)17-13-6-12(2)24-18-13/h6,11H,3-5,7-10H2,1-2H3,(H,17,18,20)/t11-/m1/s1. The molecule has 1 aromatic heterocycles. The Bertz CT molecular complexity index is 619. The molecule has 0 saturated carbocycles. The van der Waals surface area contributed by atoms with Crippen LogP contribution in [0.1, 0.15) is 25.5 Å². The molecule has 0 bridgehead atoms. The third kappa shape index (κ3) is 6.77. The van der Waals surface area contributed by atoms with Gasteiger partial charge in [-0.15, -0.1) is 11.8 Å². The number of nitrogens with one attached hydrogen (secondary N) is 1. The minimum atomic E-state index is -0.506. The Morgan fingerprint density at radius 1 is 1.44 bits per heavy atom. The summed E-state index contributed by atoms with van der Waals surface area (Å²) >= 11 is 1.11. The van der Waals surface area contributed by atoms with Crippen LogP contribution in [-0.2, 0) is 19.1 Å². The Hall–Kier alpha value is -2.03. The van der Waals surface area contributed by atoms with Crippen molar-refractivity contribution in [1.82, 2.24) is 10.1 Å². The van der Waals surface area contributed by atoms with Crippen LogP contribution < -0.4 is 5.32 Å². The van der Waals surface area contributed by atoms with Crippen LogP contribution in [-0.4, -0.2) is 59.0 Å². The number of aryl methyl sites for hydroxylation is 1. The average Bonchev–Trinajstić information content (AvgIpc) is 2.97. The second-order valence-corrected chi connectivity index (χ2v) is 7.10. The summed E-state index contributed by atoms with van der Waals surface area (Å²) in [5.41, 5.74) is 0. The van der Waals surface area contributed by atoms with E-state index in [1.165, 1.54) is 0 Å². The van der Waals surface area contributed by atoms with Crippen LogP contribution in [0, 0.1) is 12.8 Å². The molecule has 0 unspecified atom stereocenters. The van der Waals surface area contributed by atoms with Crippen LogP contribution in [0.15, 0.2) is 10.6 Å². The highest BCUT2D eigenvalue weighted by molar-refractivity contribution is 8.00. The molecule has 0 aromatic carbocycles. The van der Waals surface area contributed by atoms with E-state index in [2.05, 4.69) is 17.4 Å². The molecule has 2 rings (SSSR count). The van der Waals surface area contributed by atoms with Gasteiger partial charge in [0, 0.05) is 19.2 Å². The molecule has 2 amide bonds. The monoisotopic (exact) mass is 369 g/mol. The lowest BCUT2D eigenvalue weighted by atomic mass is 10.0. The molecule has 1 saturated heterocycles. The Balaban J connectivity index is 1.59. The van der Waals surface area contributed by atoms with Crippen LogP contribution in [0.2, 0.25) is 0 Å². The van der Waals surface area contributed by atoms with Gasteiger partial charge in [0.05, 0.1) is 11.5 Å². The van der Waals surface area contributed by atoms with Crippen LogP contribution in [0.4, 0.5) is 5.82 Å². The van der Waals surface area contributed by atoms with Crippen molar-refractivity contribution in [3.63, 3.8) is 0 Å². The fraction of sp³-hybridized carbons (Fsp3) is 0.625. The third-order valence-corrected chi connectivity index (χ3v) is 4.62. The molecule has 1 atom stereocenters. The van der Waals surface area contributed by atoms with Crippen LogP contribution in [0.25, 0.3) is 0 Å². The lowest BCUT2D eigenvalue weighted by molar-refractivity contribution is -0.150. The zero-order valence-electron chi connectivity index (χ0n) is 14.4. The van der Waals surface area contributed by atoms with E-state index in [-0.39, 0.29) is 29.9 Å². The summed E-state index contributed by atoms with van der Waals surface area (Å²) < 4.78 is 9.82. The molecule has 0 aliphatic carbocycles. The molecule has 0 radical (unpaired) electrons. The first-order valence-corrected chi connectivity index (χ1v) is 9.34. The second kappa shape index (κ2) is 9.45. The summed E-state index contributed by atoms with van der Waals surface area (Å²) in [6.45, 7) is 5.02. The molecule has 1 aromatic rings. The minimum Gasteiger partial charge on any atom is -0.455 e. The van der Waals surface area contributed by atoms with Crippen molar-refractivity contribution in [3.8, 4) is 0 Å². The highest BCUT2D eigenvalue weighted by atomic mass is 32.2. The van der Waals surface area contributed by atoms with Crippen molar-refractivity contribution in [2.24, 2.45) is 5.92 Å². The van der Waals surface area contributed by atoms with E-state index in [0.717, 1.165) is 31.1 Å². The maximum absolute atomic E-state index is 12.0. The van der Waals surface area contributed by atoms with E-state index < -0.39 is 5.97 Å². The Morgan fingerprint density at radius 3 is 2.92 bits per heavy atom. The molecule has 25 heavy (non-hydrogen) atoms. The first kappa shape index (κ1) is 19.3. The number of aromatic nitrogens is 1. The topological polar surface area (TPSA) is 102 Å². The molecule has 1 N–H and O–H groups in total. The van der Waals surface area contributed by atoms with Crippen molar-refractivity contribution < 1.29 is 23.6 Å². The number of amides is 2. The lowest BCUT2D eigenvalue weighted by Gasteiger charge is -2.30. The van der Waals surface area contributed by atoms with Gasteiger partial charge >= 0.3 is 5.97 Å². The molecular formula is C16H23N3O5S. The van der Waals surface area contributed by atoms with Gasteiger partial charge < -0.3 is 19.5 Å². The van der Waals surface area contributed by atoms with Crippen molar-refractivity contribution >= 4 is 35.4 Å². The molecule has 1 fully saturated rings. The molecule has 1 aliphatic heterocycles. The number of esters is 1. The van der Waals surface area contributed by atoms with E-state index in [1.54, 1.807) is 17.9 Å². The number of carbonyl (C=O) groups is 3. The lowest BCUT2D eigenvalue weighted by Crippen LogP contribution is -2.41. The largest absolute Gasteiger partial charge is 0.455 e. The number of ether oxygens (including phenoxy) is 1. The smallest absolute Gasteiger partial charge is 0.316 e. The van der Waals surface area contributed by atoms with Crippen LogP contribution >= 0.6 is 11.8 Å². The number of rotatable bonds is 7. The molecule has 0 spiro atoms. The molecule has 1 aliphatic rings. The number of nitrogens with zero attached hydrogens (tertiary/aromatic N) is 2. The highest BCUT2D eigenvalue weighted by Gasteiger charge is 2.21. The van der Waals surface area contributed by atoms with Gasteiger partial charge in [-0.1, -0.05) is 12.1 Å². The van der Waals surface area contributed by atoms with Gasteiger partial charge in [-0.2, -0.15) is 0 Å². The number of thioether (sulfide) groups is 1. The van der Waals surface area contributed by atoms with Gasteiger partial charge in [0.2, 0.25) is 5.91 Å². The number of piperidine rings is 1. The highest BCUT2D eigenvalue weighted by Crippen LogP contribution is 2.15. The molecule has 2 heterocycles. The fourth-order valence-electron chi connectivity index (χ4n) is 2.52. The van der Waals surface area contributed by atoms with Crippen molar-refractivity contribution in [3.05, 3.63) is 11.8 Å². The van der Waals surface area contributed by atoms with Crippen molar-refractivity contribution in [2.75, 3.05) is 36.5 Å². The average molecular weight is 369 g/mol. The first-order valence-electron chi connectivity index (χ1n) is 8.18. The van der Waals surface area contributed by atoms with E-state index in [4.69, 9.17) is 9.26 Å². The number of anilines is 1. The van der Waals surface area contributed by atoms with Crippen molar-refractivity contribution in [2.45, 2.75) is 26.7 Å². The molecule has 138 valence electrons. The van der Waals surface area contributed by atoms with Gasteiger partial charge in [-0.25, -0.2) is 0 Å². The van der Waals surface area contributed by atoms with Gasteiger partial charge in [-0.05, 0) is 25.7 Å². The first-order chi connectivity index (χ1) is 11.9. The number of hydrogen-bond acceptors (Lipinski definition) is 7. The Labute approximate surface area is 150 Å². The SMILES string of the molecule is Cc1cc(NC(=O)CSCC(=O)OCC(=O)N2CCC[C@@H](C)C2)no1. The molecule has 8 nitrogen and oxygen atoms in total. The normalized spacial score (nSPS) is 17.2. The fourth-order valence-corrected chi connectivity index (χ4v) is 3.13. The minimum absolute atomic E-state index is 0.00888. The number of carbonyl (C=O) groups excluding carboxylic acids is 3. The predicted molar refractivity (Wildman–Crippen MR) is 93.1 cm³/mol. The van der Waals surface area contributed by atoms with Gasteiger partial charge in [-0.3, -0.25) is 14.4 Å². The maximum Gasteiger partial charge on any atom is 0.316 e. The number of hydrogen-bond donors (Lipinski definition) is 1. The Kier molecular flexibility index (Phi) is 7.30. The summed E-state index contributed by atoms with van der Waals surface area (Å²) in [7, 11) is 0. The zero-order valence-corrected chi connectivity index (χ0v) is 15.3. The van der Waals surface area contributed by atoms with Gasteiger partial charge in [0.25, 0.3) is 5.91 Å². The van der Waals surface area contributed by atoms with Crippen LogP contribution in [0.5, 0.6) is 0 Å². The van der Waals surface area contributed by atoms with E-state index in [0.29, 0.717) is 24.0 Å². The van der Waals surface area contributed by atoms with Gasteiger partial charge in [0.1, 0.15) is 5.76 Å². The third-order valence-electron chi connectivity index (χ3n) is 3.71. The van der Waals surface area contributed by atoms with Crippen molar-refractivity contribution in [1.29, 1.82) is 0 Å². The zero-order chi connectivity index (χ0) is 18.2. The van der Waals surface area contributed by atoms with E-state index in [1.807, 2.05) is 0 Å². The number of likely N-dealkylation sites (tertiary alicyclic amines) is 1. The summed E-state index contributed by atoms with van der Waals surface area (Å²) in [4.78, 5) is 37.1. The van der Waals surface area contributed by atoms with E-state index >= 15 is 0 Å². The molecular weight excluding hydrogens is 346 g/mol. The Morgan fingerprint density at radius 2 is 2.24 bits per heavy atom. The molecule has 9 heteroatoms. The van der Waals surface area contributed by atoms with E-state index in [9.17, 15) is 14.4 Å². The van der Waals surface area contributed by atoms with Gasteiger partial charge in [0.15, 0.2) is 12.4 Å².